The fourth-order valence-electron chi connectivity index (χ4n) is 5.01. The van der Waals surface area contributed by atoms with E-state index in [1.165, 1.54) is 11.8 Å². The van der Waals surface area contributed by atoms with Gasteiger partial charge in [0.15, 0.2) is 0 Å². The van der Waals surface area contributed by atoms with E-state index in [9.17, 15) is 13.2 Å². The molecule has 1 saturated heterocycles. The van der Waals surface area contributed by atoms with E-state index >= 15 is 0 Å². The zero-order valence-corrected chi connectivity index (χ0v) is 22.0. The minimum atomic E-state index is -4.38. The molecule has 1 aromatic heterocycles. The molecule has 0 bridgehead atoms. The van der Waals surface area contributed by atoms with Crippen molar-refractivity contribution in [3.05, 3.63) is 126 Å². The van der Waals surface area contributed by atoms with E-state index in [1.807, 2.05) is 41.3 Å². The number of hydrogen-bond acceptors (Lipinski definition) is 4. The van der Waals surface area contributed by atoms with Gasteiger partial charge in [-0.15, -0.1) is 0 Å². The average molecular weight is 530 g/mol. The molecule has 3 aromatic rings. The fourth-order valence-corrected chi connectivity index (χ4v) is 5.01. The van der Waals surface area contributed by atoms with Crippen molar-refractivity contribution in [1.29, 1.82) is 0 Å². The zero-order valence-electron chi connectivity index (χ0n) is 22.0. The van der Waals surface area contributed by atoms with Crippen LogP contribution in [0, 0.1) is 6.42 Å². The summed E-state index contributed by atoms with van der Waals surface area (Å²) in [6.07, 6.45) is 3.30. The summed E-state index contributed by atoms with van der Waals surface area (Å²) in [5, 5.41) is 0. The van der Waals surface area contributed by atoms with E-state index < -0.39 is 11.7 Å². The van der Waals surface area contributed by atoms with Gasteiger partial charge in [0.1, 0.15) is 5.82 Å². The Hall–Kier alpha value is -3.84. The summed E-state index contributed by atoms with van der Waals surface area (Å²) in [5.74, 6) is 0.379. The maximum Gasteiger partial charge on any atom is 0.416 e. The van der Waals surface area contributed by atoms with Crippen molar-refractivity contribution in [3.8, 4) is 0 Å². The van der Waals surface area contributed by atoms with E-state index in [-0.39, 0.29) is 6.04 Å². The molecule has 0 N–H and O–H groups in total. The molecule has 39 heavy (non-hydrogen) atoms. The number of anilines is 1. The molecule has 1 fully saturated rings. The van der Waals surface area contributed by atoms with Crippen LogP contribution >= 0.6 is 0 Å². The number of benzene rings is 2. The second kappa shape index (κ2) is 11.5. The third kappa shape index (κ3) is 6.60. The molecule has 1 radical (unpaired) electrons. The number of halogens is 3. The first-order valence-corrected chi connectivity index (χ1v) is 13.1. The molecule has 7 heteroatoms. The van der Waals surface area contributed by atoms with Gasteiger partial charge in [-0.2, -0.15) is 13.2 Å². The molecule has 1 aliphatic heterocycles. The van der Waals surface area contributed by atoms with E-state index in [4.69, 9.17) is 0 Å². The lowest BCUT2D eigenvalue weighted by Gasteiger charge is -2.41. The third-order valence-electron chi connectivity index (χ3n) is 7.28. The van der Waals surface area contributed by atoms with Gasteiger partial charge < -0.3 is 9.80 Å². The number of alkyl halides is 3. The number of allylic oxidation sites excluding steroid dienone is 3. The Kier molecular flexibility index (Phi) is 7.89. The van der Waals surface area contributed by atoms with Crippen LogP contribution in [0.3, 0.4) is 0 Å². The van der Waals surface area contributed by atoms with Gasteiger partial charge in [-0.3, -0.25) is 4.90 Å². The number of pyridine rings is 1. The molecule has 201 valence electrons. The molecule has 1 aliphatic carbocycles. The highest BCUT2D eigenvalue weighted by Gasteiger charge is 2.33. The van der Waals surface area contributed by atoms with E-state index in [2.05, 4.69) is 71.2 Å². The number of nitrogens with zero attached hydrogens (tertiary/aromatic N) is 4. The number of piperazine rings is 1. The van der Waals surface area contributed by atoms with Crippen LogP contribution < -0.4 is 4.90 Å². The highest BCUT2D eigenvalue weighted by Crippen LogP contribution is 2.33. The van der Waals surface area contributed by atoms with E-state index in [0.29, 0.717) is 18.9 Å². The molecular weight excluding hydrogens is 497 g/mol. The summed E-state index contributed by atoms with van der Waals surface area (Å²) < 4.78 is 39.6. The van der Waals surface area contributed by atoms with E-state index in [0.717, 1.165) is 54.2 Å². The molecule has 2 heterocycles. The van der Waals surface area contributed by atoms with Crippen molar-refractivity contribution >= 4 is 17.1 Å². The molecule has 2 aromatic carbocycles. The van der Waals surface area contributed by atoms with Crippen LogP contribution in [0.25, 0.3) is 11.3 Å². The smallest absolute Gasteiger partial charge is 0.372 e. The van der Waals surface area contributed by atoms with Crippen LogP contribution in [-0.4, -0.2) is 60.6 Å². The van der Waals surface area contributed by atoms with Crippen molar-refractivity contribution in [1.82, 2.24) is 14.8 Å². The Labute approximate surface area is 228 Å². The van der Waals surface area contributed by atoms with Crippen LogP contribution in [0.2, 0.25) is 0 Å². The molecule has 5 rings (SSSR count). The summed E-state index contributed by atoms with van der Waals surface area (Å²) in [4.78, 5) is 10.9. The van der Waals surface area contributed by atoms with Gasteiger partial charge in [-0.05, 0) is 40.5 Å². The van der Waals surface area contributed by atoms with Gasteiger partial charge >= 0.3 is 6.18 Å². The SMILES string of the molecule is C=C(/C=C(/c1ccccc1)N(C)CC(C1=C[CH]1)N1CCN(c2cc(C(F)(F)F)ccn2)CC1)c1ccccc1. The van der Waals surface area contributed by atoms with Crippen molar-refractivity contribution in [2.75, 3.05) is 44.7 Å². The first-order valence-electron chi connectivity index (χ1n) is 13.1. The Morgan fingerprint density at radius 3 is 2.18 bits per heavy atom. The maximum absolute atomic E-state index is 13.2. The molecule has 0 saturated carbocycles. The number of aromatic nitrogens is 1. The fraction of sp³-hybridized carbons (Fsp3) is 0.250. The predicted octanol–water partition coefficient (Wildman–Crippen LogP) is 6.42. The van der Waals surface area contributed by atoms with Gasteiger partial charge in [0.05, 0.1) is 5.56 Å². The Bertz CT molecular complexity index is 1340. The Balaban J connectivity index is 1.31. The normalized spacial score (nSPS) is 17.0. The molecule has 0 spiro atoms. The lowest BCUT2D eigenvalue weighted by Crippen LogP contribution is -2.53. The summed E-state index contributed by atoms with van der Waals surface area (Å²) in [6, 6.07) is 22.8. The molecule has 4 nitrogen and oxygen atoms in total. The number of rotatable bonds is 9. The minimum absolute atomic E-state index is 0.184. The Morgan fingerprint density at radius 2 is 1.59 bits per heavy atom. The largest absolute Gasteiger partial charge is 0.416 e. The highest BCUT2D eigenvalue weighted by molar-refractivity contribution is 5.82. The van der Waals surface area contributed by atoms with Crippen LogP contribution in [0.4, 0.5) is 19.0 Å². The lowest BCUT2D eigenvalue weighted by molar-refractivity contribution is -0.137. The monoisotopic (exact) mass is 529 g/mol. The maximum atomic E-state index is 13.2. The number of hydrogen-bond donors (Lipinski definition) is 0. The summed E-state index contributed by atoms with van der Waals surface area (Å²) in [6.45, 7) is 7.82. The van der Waals surface area contributed by atoms with Crippen molar-refractivity contribution < 1.29 is 13.2 Å². The standard InChI is InChI=1S/C32H32F3N4/c1-24(25-9-5-3-6-10-25)21-29(26-11-7-4-8-12-26)37(2)23-30(27-13-14-27)38-17-19-39(20-18-38)31-22-28(15-16-36-31)32(33,34)35/h3-16,21-22,30H,1,17-20,23H2,2H3/b29-21-. The van der Waals surface area contributed by atoms with Crippen molar-refractivity contribution in [3.63, 3.8) is 0 Å². The molecular formula is C32H32F3N4. The zero-order chi connectivity index (χ0) is 27.4. The van der Waals surface area contributed by atoms with Gasteiger partial charge in [0.2, 0.25) is 0 Å². The van der Waals surface area contributed by atoms with Gasteiger partial charge in [-0.1, -0.05) is 73.3 Å². The van der Waals surface area contributed by atoms with Crippen molar-refractivity contribution in [2.45, 2.75) is 12.2 Å². The first kappa shape index (κ1) is 26.8. The molecule has 2 aliphatic rings. The van der Waals surface area contributed by atoms with Gasteiger partial charge in [0.25, 0.3) is 0 Å². The summed E-state index contributed by atoms with van der Waals surface area (Å²) in [5.41, 5.74) is 4.85. The van der Waals surface area contributed by atoms with Gasteiger partial charge in [-0.25, -0.2) is 4.98 Å². The summed E-state index contributed by atoms with van der Waals surface area (Å²) in [7, 11) is 2.11. The van der Waals surface area contributed by atoms with Gasteiger partial charge in [0, 0.05) is 64.1 Å². The van der Waals surface area contributed by atoms with Crippen LogP contribution in [0.5, 0.6) is 0 Å². The third-order valence-corrected chi connectivity index (χ3v) is 7.28. The quantitative estimate of drug-likeness (QED) is 0.298. The van der Waals surface area contributed by atoms with E-state index in [1.54, 1.807) is 0 Å². The average Bonchev–Trinajstić information content (AvgIpc) is 3.80. The minimum Gasteiger partial charge on any atom is -0.372 e. The predicted molar refractivity (Wildman–Crippen MR) is 152 cm³/mol. The first-order chi connectivity index (χ1) is 18.8. The van der Waals surface area contributed by atoms with Crippen LogP contribution in [0.1, 0.15) is 16.7 Å². The van der Waals surface area contributed by atoms with Crippen molar-refractivity contribution in [2.24, 2.45) is 0 Å². The van der Waals surface area contributed by atoms with Crippen LogP contribution in [0.15, 0.2) is 103 Å². The summed E-state index contributed by atoms with van der Waals surface area (Å²) >= 11 is 0. The number of likely N-dealkylation sites (N-methyl/N-ethyl adjacent to an activating group) is 1. The molecule has 1 atom stereocenters. The second-order valence-corrected chi connectivity index (χ2v) is 9.94. The lowest BCUT2D eigenvalue weighted by atomic mass is 10.0. The van der Waals surface area contributed by atoms with Crippen LogP contribution in [-0.2, 0) is 6.18 Å². The highest BCUT2D eigenvalue weighted by atomic mass is 19.4. The topological polar surface area (TPSA) is 22.6 Å². The second-order valence-electron chi connectivity index (χ2n) is 9.94. The molecule has 0 amide bonds. The Morgan fingerprint density at radius 1 is 0.974 bits per heavy atom. The molecule has 1 unspecified atom stereocenters.